The van der Waals surface area contributed by atoms with Gasteiger partial charge in [0.05, 0.1) is 18.6 Å². The summed E-state index contributed by atoms with van der Waals surface area (Å²) in [6, 6.07) is 16.1. The largest absolute Gasteiger partial charge is 0.477 e. The second-order valence-corrected chi connectivity index (χ2v) is 13.4. The van der Waals surface area contributed by atoms with Gasteiger partial charge in [0.1, 0.15) is 5.75 Å². The molecule has 2 N–H and O–H groups in total. The number of rotatable bonds is 11. The van der Waals surface area contributed by atoms with Gasteiger partial charge in [0.25, 0.3) is 0 Å². The van der Waals surface area contributed by atoms with Gasteiger partial charge in [-0.05, 0) is 69.0 Å². The molecule has 0 bridgehead atoms. The quantitative estimate of drug-likeness (QED) is 0.301. The van der Waals surface area contributed by atoms with Crippen LogP contribution >= 0.6 is 11.3 Å². The summed E-state index contributed by atoms with van der Waals surface area (Å²) in [7, 11) is -2.46. The molecule has 41 heavy (non-hydrogen) atoms. The van der Waals surface area contributed by atoms with Crippen molar-refractivity contribution in [1.82, 2.24) is 5.32 Å². The number of piperidine rings is 1. The van der Waals surface area contributed by atoms with Gasteiger partial charge in [0, 0.05) is 22.4 Å². The van der Waals surface area contributed by atoms with E-state index in [0.29, 0.717) is 40.1 Å². The number of esters is 1. The fourth-order valence-electron chi connectivity index (χ4n) is 5.31. The number of thiophene rings is 1. The number of methoxy groups -OCH3 is 1. The van der Waals surface area contributed by atoms with Crippen LogP contribution in [-0.2, 0) is 25.3 Å². The molecule has 1 aromatic heterocycles. The second kappa shape index (κ2) is 12.2. The molecule has 9 nitrogen and oxygen atoms in total. The zero-order valence-electron chi connectivity index (χ0n) is 23.0. The number of sulfonamides is 1. The summed E-state index contributed by atoms with van der Waals surface area (Å²) in [5, 5.41) is 13.3. The number of carboxylic acid groups (broad SMARTS) is 1. The normalized spacial score (nSPS) is 16.6. The molecule has 5 rings (SSSR count). The monoisotopic (exact) mass is 598 g/mol. The maximum absolute atomic E-state index is 13.9. The molecule has 1 aliphatic carbocycles. The van der Waals surface area contributed by atoms with Crippen molar-refractivity contribution >= 4 is 39.0 Å². The van der Waals surface area contributed by atoms with E-state index in [-0.39, 0.29) is 28.3 Å². The van der Waals surface area contributed by atoms with Crippen LogP contribution in [0, 0.1) is 12.8 Å². The Bertz CT molecular complexity index is 1510. The molecule has 1 atom stereocenters. The molecule has 0 spiro atoms. The van der Waals surface area contributed by atoms with E-state index in [9.17, 15) is 23.1 Å². The molecule has 0 amide bonds. The summed E-state index contributed by atoms with van der Waals surface area (Å²) in [6.45, 7) is 3.20. The number of hydrogen-bond donors (Lipinski definition) is 2. The van der Waals surface area contributed by atoms with Gasteiger partial charge < -0.3 is 19.9 Å². The number of carboxylic acids is 1. The van der Waals surface area contributed by atoms with Gasteiger partial charge in [0.2, 0.25) is 10.0 Å². The van der Waals surface area contributed by atoms with E-state index in [4.69, 9.17) is 9.47 Å². The van der Waals surface area contributed by atoms with Crippen molar-refractivity contribution in [3.8, 4) is 16.2 Å². The number of nitrogens with one attached hydrogen (secondary N) is 1. The molecule has 2 aliphatic rings. The van der Waals surface area contributed by atoms with Gasteiger partial charge in [0.15, 0.2) is 11.0 Å². The standard InChI is InChI=1S/C30H34N2O7S2/c1-19-25(39-26(21-11-12-21)30(35)38-2)28(29(33)34)40-27(19)22-9-6-10-24(17-22)32(23-13-15-31-16-14-23)41(36,37)18-20-7-4-3-5-8-20/h3-10,17,21,23,26,31H,11-16,18H2,1-2H3,(H,33,34). The van der Waals surface area contributed by atoms with Crippen LogP contribution in [-0.4, -0.2) is 57.8 Å². The van der Waals surface area contributed by atoms with Gasteiger partial charge in [-0.1, -0.05) is 42.5 Å². The van der Waals surface area contributed by atoms with E-state index in [1.54, 1.807) is 29.4 Å². The zero-order valence-corrected chi connectivity index (χ0v) is 24.7. The molecule has 2 heterocycles. The molecule has 2 fully saturated rings. The molecule has 0 radical (unpaired) electrons. The number of ether oxygens (including phenoxy) is 2. The van der Waals surface area contributed by atoms with Gasteiger partial charge in [-0.2, -0.15) is 0 Å². The highest BCUT2D eigenvalue weighted by Gasteiger charge is 2.40. The Morgan fingerprint density at radius 3 is 2.41 bits per heavy atom. The lowest BCUT2D eigenvalue weighted by atomic mass is 10.0. The minimum absolute atomic E-state index is 0.00985. The first-order valence-corrected chi connectivity index (χ1v) is 16.1. The molecule has 1 unspecified atom stereocenters. The average molecular weight is 599 g/mol. The molecule has 11 heteroatoms. The van der Waals surface area contributed by atoms with E-state index in [1.807, 2.05) is 36.4 Å². The summed E-state index contributed by atoms with van der Waals surface area (Å²) < 4.78 is 40.3. The van der Waals surface area contributed by atoms with Crippen molar-refractivity contribution in [2.75, 3.05) is 24.5 Å². The Hall–Kier alpha value is -3.41. The summed E-state index contributed by atoms with van der Waals surface area (Å²) in [5.74, 6) is -1.67. The van der Waals surface area contributed by atoms with Crippen LogP contribution in [0.1, 0.15) is 46.5 Å². The Kier molecular flexibility index (Phi) is 8.67. The highest BCUT2D eigenvalue weighted by atomic mass is 32.2. The van der Waals surface area contributed by atoms with Crippen LogP contribution in [0.15, 0.2) is 54.6 Å². The third-order valence-electron chi connectivity index (χ3n) is 7.51. The Morgan fingerprint density at radius 1 is 1.07 bits per heavy atom. The highest BCUT2D eigenvalue weighted by Crippen LogP contribution is 2.45. The third-order valence-corrected chi connectivity index (χ3v) is 10.6. The molecule has 1 aliphatic heterocycles. The maximum atomic E-state index is 13.9. The Balaban J connectivity index is 1.54. The Morgan fingerprint density at radius 2 is 1.78 bits per heavy atom. The lowest BCUT2D eigenvalue weighted by Crippen LogP contribution is -2.46. The lowest BCUT2D eigenvalue weighted by molar-refractivity contribution is -0.149. The number of benzene rings is 2. The molecule has 2 aromatic carbocycles. The van der Waals surface area contributed by atoms with Crippen LogP contribution in [0.25, 0.3) is 10.4 Å². The first kappa shape index (κ1) is 29.1. The average Bonchev–Trinajstić information content (AvgIpc) is 3.75. The van der Waals surface area contributed by atoms with Crippen molar-refractivity contribution in [2.45, 2.75) is 50.5 Å². The summed E-state index contributed by atoms with van der Waals surface area (Å²) >= 11 is 1.05. The van der Waals surface area contributed by atoms with Gasteiger partial charge in [-0.15, -0.1) is 11.3 Å². The van der Waals surface area contributed by atoms with Crippen molar-refractivity contribution < 1.29 is 32.6 Å². The van der Waals surface area contributed by atoms with E-state index < -0.39 is 28.1 Å². The minimum atomic E-state index is -3.75. The smallest absolute Gasteiger partial charge is 0.349 e. The summed E-state index contributed by atoms with van der Waals surface area (Å²) in [6.07, 6.45) is 2.10. The fourth-order valence-corrected chi connectivity index (χ4v) is 8.24. The van der Waals surface area contributed by atoms with E-state index in [0.717, 1.165) is 37.3 Å². The first-order chi connectivity index (χ1) is 19.7. The molecular formula is C30H34N2O7S2. The van der Waals surface area contributed by atoms with Gasteiger partial charge >= 0.3 is 11.9 Å². The second-order valence-electron chi connectivity index (χ2n) is 10.5. The van der Waals surface area contributed by atoms with Crippen molar-refractivity contribution in [2.24, 2.45) is 5.92 Å². The number of anilines is 1. The maximum Gasteiger partial charge on any atom is 0.349 e. The van der Waals surface area contributed by atoms with Crippen LogP contribution in [0.2, 0.25) is 0 Å². The predicted octanol–water partition coefficient (Wildman–Crippen LogP) is 4.84. The van der Waals surface area contributed by atoms with Crippen molar-refractivity contribution in [1.29, 1.82) is 0 Å². The van der Waals surface area contributed by atoms with Crippen LogP contribution in [0.4, 0.5) is 5.69 Å². The molecule has 1 saturated heterocycles. The van der Waals surface area contributed by atoms with E-state index in [2.05, 4.69) is 5.32 Å². The van der Waals surface area contributed by atoms with Crippen LogP contribution in [0.3, 0.4) is 0 Å². The van der Waals surface area contributed by atoms with E-state index in [1.165, 1.54) is 7.11 Å². The van der Waals surface area contributed by atoms with Gasteiger partial charge in [-0.3, -0.25) is 4.31 Å². The van der Waals surface area contributed by atoms with E-state index >= 15 is 0 Å². The zero-order chi connectivity index (χ0) is 29.1. The Labute approximate surface area is 244 Å². The van der Waals surface area contributed by atoms with Crippen LogP contribution in [0.5, 0.6) is 5.75 Å². The number of carbonyl (C=O) groups excluding carboxylic acids is 1. The number of carbonyl (C=O) groups is 2. The number of aromatic carboxylic acids is 1. The van der Waals surface area contributed by atoms with Crippen LogP contribution < -0.4 is 14.4 Å². The summed E-state index contributed by atoms with van der Waals surface area (Å²) in [4.78, 5) is 25.3. The molecule has 218 valence electrons. The predicted molar refractivity (Wildman–Crippen MR) is 158 cm³/mol. The van der Waals surface area contributed by atoms with Gasteiger partial charge in [-0.25, -0.2) is 18.0 Å². The molecule has 1 saturated carbocycles. The lowest BCUT2D eigenvalue weighted by Gasteiger charge is -2.35. The minimum Gasteiger partial charge on any atom is -0.477 e. The first-order valence-electron chi connectivity index (χ1n) is 13.7. The topological polar surface area (TPSA) is 122 Å². The molecule has 3 aromatic rings. The van der Waals surface area contributed by atoms with Crippen molar-refractivity contribution in [3.05, 3.63) is 70.6 Å². The highest BCUT2D eigenvalue weighted by molar-refractivity contribution is 7.92. The summed E-state index contributed by atoms with van der Waals surface area (Å²) in [5.41, 5.74) is 2.50. The number of hydrogen-bond acceptors (Lipinski definition) is 8. The molecular weight excluding hydrogens is 564 g/mol. The third kappa shape index (κ3) is 6.42. The fraction of sp³-hybridized carbons (Fsp3) is 0.400. The SMILES string of the molecule is COC(=O)C(Oc1c(C(=O)O)sc(-c2cccc(N(C3CCNCC3)S(=O)(=O)Cc3ccccc3)c2)c1C)C1CC1. The number of nitrogens with zero attached hydrogens (tertiary/aromatic N) is 1. The van der Waals surface area contributed by atoms with Crippen molar-refractivity contribution in [3.63, 3.8) is 0 Å².